The summed E-state index contributed by atoms with van der Waals surface area (Å²) in [7, 11) is 0.941. The van der Waals surface area contributed by atoms with Gasteiger partial charge in [0, 0.05) is 19.3 Å². The molecule has 35 heavy (non-hydrogen) atoms. The van der Waals surface area contributed by atoms with Crippen molar-refractivity contribution in [3.05, 3.63) is 113 Å². The van der Waals surface area contributed by atoms with Crippen LogP contribution in [0.5, 0.6) is 0 Å². The van der Waals surface area contributed by atoms with Crippen molar-refractivity contribution in [2.24, 2.45) is 0 Å². The van der Waals surface area contributed by atoms with Crippen molar-refractivity contribution in [2.75, 3.05) is 13.1 Å². The SMILES string of the molecule is C=PCc1ccccc1C=C1C(=O)N(CCc2ccccc2)C(=O)N(CCc2ccccc2)C1=O. The number of hydrogen-bond acceptors (Lipinski definition) is 3. The van der Waals surface area contributed by atoms with Crippen LogP contribution in [0.15, 0.2) is 90.5 Å². The fourth-order valence-electron chi connectivity index (χ4n) is 4.09. The lowest BCUT2D eigenvalue weighted by atomic mass is 10.0. The molecular weight excluding hydrogens is 455 g/mol. The van der Waals surface area contributed by atoms with Gasteiger partial charge < -0.3 is 0 Å². The molecule has 3 aromatic carbocycles. The molecule has 0 saturated carbocycles. The molecule has 1 aliphatic rings. The van der Waals surface area contributed by atoms with Crippen LogP contribution in [0.2, 0.25) is 0 Å². The second kappa shape index (κ2) is 11.5. The van der Waals surface area contributed by atoms with Crippen LogP contribution >= 0.6 is 8.20 Å². The Kier molecular flexibility index (Phi) is 8.02. The Balaban J connectivity index is 1.66. The molecule has 0 atom stereocenters. The zero-order chi connectivity index (χ0) is 24.6. The van der Waals surface area contributed by atoms with Crippen molar-refractivity contribution in [3.63, 3.8) is 0 Å². The van der Waals surface area contributed by atoms with Gasteiger partial charge in [-0.05, 0) is 41.2 Å². The lowest BCUT2D eigenvalue weighted by Crippen LogP contribution is -2.57. The van der Waals surface area contributed by atoms with E-state index in [0.717, 1.165) is 30.5 Å². The molecule has 1 fully saturated rings. The van der Waals surface area contributed by atoms with Crippen LogP contribution < -0.4 is 0 Å². The molecule has 0 radical (unpaired) electrons. The van der Waals surface area contributed by atoms with E-state index in [1.807, 2.05) is 84.9 Å². The monoisotopic (exact) mass is 482 g/mol. The minimum atomic E-state index is -0.562. The zero-order valence-electron chi connectivity index (χ0n) is 19.5. The smallest absolute Gasteiger partial charge is 0.268 e. The van der Waals surface area contributed by atoms with Crippen LogP contribution in [0.1, 0.15) is 22.3 Å². The summed E-state index contributed by atoms with van der Waals surface area (Å²) < 4.78 is 0. The molecule has 1 saturated heterocycles. The molecule has 6 heteroatoms. The van der Waals surface area contributed by atoms with E-state index in [2.05, 4.69) is 6.30 Å². The Morgan fingerprint density at radius 2 is 1.17 bits per heavy atom. The predicted molar refractivity (Wildman–Crippen MR) is 141 cm³/mol. The second-order valence-electron chi connectivity index (χ2n) is 8.31. The highest BCUT2D eigenvalue weighted by atomic mass is 31.1. The first-order valence-corrected chi connectivity index (χ1v) is 12.8. The number of hydrogen-bond donors (Lipinski definition) is 0. The lowest BCUT2D eigenvalue weighted by Gasteiger charge is -2.34. The number of barbiturate groups is 1. The van der Waals surface area contributed by atoms with Gasteiger partial charge in [-0.15, -0.1) is 8.20 Å². The number of benzene rings is 3. The van der Waals surface area contributed by atoms with Crippen molar-refractivity contribution in [2.45, 2.75) is 19.0 Å². The Morgan fingerprint density at radius 3 is 1.69 bits per heavy atom. The van der Waals surface area contributed by atoms with Crippen LogP contribution in [0.4, 0.5) is 4.79 Å². The third-order valence-electron chi connectivity index (χ3n) is 5.98. The first-order valence-electron chi connectivity index (χ1n) is 11.6. The highest BCUT2D eigenvalue weighted by Crippen LogP contribution is 2.24. The van der Waals surface area contributed by atoms with E-state index >= 15 is 0 Å². The van der Waals surface area contributed by atoms with Gasteiger partial charge in [-0.25, -0.2) is 4.79 Å². The average Bonchev–Trinajstić information content (AvgIpc) is 2.89. The molecule has 0 N–H and O–H groups in total. The van der Waals surface area contributed by atoms with Crippen LogP contribution in [0.3, 0.4) is 0 Å². The summed E-state index contributed by atoms with van der Waals surface area (Å²) >= 11 is 0. The van der Waals surface area contributed by atoms with Gasteiger partial charge in [-0.2, -0.15) is 0 Å². The fourth-order valence-corrected chi connectivity index (χ4v) is 4.61. The van der Waals surface area contributed by atoms with E-state index < -0.39 is 17.8 Å². The largest absolute Gasteiger partial charge is 0.333 e. The second-order valence-corrected chi connectivity index (χ2v) is 9.07. The quantitative estimate of drug-likeness (QED) is 0.239. The van der Waals surface area contributed by atoms with E-state index in [1.165, 1.54) is 9.80 Å². The molecule has 0 bridgehead atoms. The number of imide groups is 2. The van der Waals surface area contributed by atoms with Crippen molar-refractivity contribution in [3.8, 4) is 0 Å². The maximum Gasteiger partial charge on any atom is 0.333 e. The van der Waals surface area contributed by atoms with E-state index in [4.69, 9.17) is 0 Å². The van der Waals surface area contributed by atoms with Crippen molar-refractivity contribution in [1.29, 1.82) is 0 Å². The van der Waals surface area contributed by atoms with E-state index in [-0.39, 0.29) is 18.7 Å². The zero-order valence-corrected chi connectivity index (χ0v) is 20.4. The van der Waals surface area contributed by atoms with Crippen molar-refractivity contribution in [1.82, 2.24) is 9.80 Å². The molecule has 0 aliphatic carbocycles. The predicted octanol–water partition coefficient (Wildman–Crippen LogP) is 5.22. The maximum absolute atomic E-state index is 13.4. The Morgan fingerprint density at radius 1 is 0.686 bits per heavy atom. The molecule has 1 aliphatic heterocycles. The van der Waals surface area contributed by atoms with Gasteiger partial charge in [-0.1, -0.05) is 91.2 Å². The van der Waals surface area contributed by atoms with Crippen LogP contribution in [0, 0.1) is 0 Å². The maximum atomic E-state index is 13.4. The third kappa shape index (κ3) is 5.82. The molecule has 5 nitrogen and oxygen atoms in total. The number of amides is 4. The van der Waals surface area contributed by atoms with Crippen LogP contribution in [0.25, 0.3) is 6.08 Å². The number of carbonyl (C=O) groups is 3. The van der Waals surface area contributed by atoms with E-state index in [9.17, 15) is 14.4 Å². The highest BCUT2D eigenvalue weighted by molar-refractivity contribution is 7.35. The topological polar surface area (TPSA) is 57.7 Å². The van der Waals surface area contributed by atoms with Crippen molar-refractivity contribution < 1.29 is 14.4 Å². The molecule has 3 aromatic rings. The number of carbonyl (C=O) groups excluding carboxylic acids is 3. The molecular formula is C29H27N2O3P. The summed E-state index contributed by atoms with van der Waals surface area (Å²) in [5, 5.41) is 0. The molecule has 0 unspecified atom stereocenters. The normalized spacial score (nSPS) is 14.1. The number of urea groups is 1. The number of rotatable bonds is 9. The molecule has 1 heterocycles. The van der Waals surface area contributed by atoms with E-state index in [1.54, 1.807) is 6.08 Å². The summed E-state index contributed by atoms with van der Waals surface area (Å²) in [4.78, 5) is 42.6. The van der Waals surface area contributed by atoms with Gasteiger partial charge in [0.2, 0.25) is 0 Å². The van der Waals surface area contributed by atoms with Crippen LogP contribution in [-0.4, -0.2) is 47.0 Å². The molecule has 0 aromatic heterocycles. The Hall–Kier alpha value is -3.82. The summed E-state index contributed by atoms with van der Waals surface area (Å²) in [5.41, 5.74) is 3.85. The Bertz CT molecular complexity index is 1190. The Labute approximate surface area is 207 Å². The summed E-state index contributed by atoms with van der Waals surface area (Å²) in [5.74, 6) is -1.09. The molecule has 0 spiro atoms. The van der Waals surface area contributed by atoms with E-state index in [0.29, 0.717) is 19.0 Å². The molecule has 176 valence electrons. The first-order chi connectivity index (χ1) is 17.1. The van der Waals surface area contributed by atoms with Gasteiger partial charge >= 0.3 is 6.03 Å². The minimum absolute atomic E-state index is 0.0129. The number of nitrogens with zero attached hydrogens (tertiary/aromatic N) is 2. The molecule has 4 rings (SSSR count). The van der Waals surface area contributed by atoms with Crippen LogP contribution in [-0.2, 0) is 28.6 Å². The summed E-state index contributed by atoms with van der Waals surface area (Å²) in [6.07, 6.45) is 7.26. The van der Waals surface area contributed by atoms with Crippen molar-refractivity contribution >= 4 is 38.4 Å². The van der Waals surface area contributed by atoms with Gasteiger partial charge in [0.25, 0.3) is 11.8 Å². The highest BCUT2D eigenvalue weighted by Gasteiger charge is 2.41. The lowest BCUT2D eigenvalue weighted by molar-refractivity contribution is -0.135. The standard InChI is InChI=1S/C29H27N2O3P/c1-35-21-25-15-9-8-14-24(25)20-26-27(32)30(18-16-22-10-4-2-5-11-22)29(34)31(28(26)33)19-17-23-12-6-3-7-13-23/h2-15,20H,1,16-19,21H2. The first kappa shape index (κ1) is 24.3. The average molecular weight is 483 g/mol. The van der Waals surface area contributed by atoms with Gasteiger partial charge in [0.15, 0.2) is 0 Å². The fraction of sp³-hybridized carbons (Fsp3) is 0.172. The van der Waals surface area contributed by atoms with Gasteiger partial charge in [0.1, 0.15) is 5.57 Å². The molecule has 4 amide bonds. The van der Waals surface area contributed by atoms with Gasteiger partial charge in [-0.3, -0.25) is 19.4 Å². The summed E-state index contributed by atoms with van der Waals surface area (Å²) in [6, 6.07) is 26.5. The van der Waals surface area contributed by atoms with Gasteiger partial charge in [0.05, 0.1) is 0 Å². The minimum Gasteiger partial charge on any atom is -0.268 e. The summed E-state index contributed by atoms with van der Waals surface area (Å²) in [6.45, 7) is 0.403. The third-order valence-corrected chi connectivity index (χ3v) is 6.55.